The van der Waals surface area contributed by atoms with Crippen molar-refractivity contribution in [1.82, 2.24) is 19.6 Å². The maximum absolute atomic E-state index is 12.3. The Morgan fingerprint density at radius 1 is 1.29 bits per heavy atom. The van der Waals surface area contributed by atoms with E-state index in [4.69, 9.17) is 9.47 Å². The molecule has 2 heterocycles. The zero-order chi connectivity index (χ0) is 16.7. The highest BCUT2D eigenvalue weighted by atomic mass is 16.7. The normalized spacial score (nSPS) is 22.7. The van der Waals surface area contributed by atoms with E-state index in [1.165, 1.54) is 30.2 Å². The van der Waals surface area contributed by atoms with Crippen LogP contribution in [0.5, 0.6) is 6.01 Å². The number of hydrogen-bond donors (Lipinski definition) is 1. The molecule has 24 heavy (non-hydrogen) atoms. The number of nitrogens with zero attached hydrogens (tertiary/aromatic N) is 3. The SMILES string of the molecule is CCOC(=O)Oc1nc2c3c([nH]c(=O)n2n1)CC1CCCCC1C3. The van der Waals surface area contributed by atoms with E-state index < -0.39 is 6.16 Å². The second kappa shape index (κ2) is 5.92. The molecule has 4 rings (SSSR count). The van der Waals surface area contributed by atoms with Crippen LogP contribution >= 0.6 is 0 Å². The molecule has 0 saturated heterocycles. The fourth-order valence-corrected chi connectivity index (χ4v) is 4.02. The molecule has 1 fully saturated rings. The molecule has 2 atom stereocenters. The van der Waals surface area contributed by atoms with Crippen LogP contribution in [0.4, 0.5) is 4.79 Å². The van der Waals surface area contributed by atoms with Gasteiger partial charge in [0.05, 0.1) is 6.61 Å². The van der Waals surface area contributed by atoms with Gasteiger partial charge in [0.15, 0.2) is 5.65 Å². The third-order valence-corrected chi connectivity index (χ3v) is 5.11. The van der Waals surface area contributed by atoms with Gasteiger partial charge >= 0.3 is 17.9 Å². The first-order valence-electron chi connectivity index (χ1n) is 8.51. The Balaban J connectivity index is 1.73. The van der Waals surface area contributed by atoms with Crippen LogP contribution in [-0.2, 0) is 17.6 Å². The molecule has 0 spiro atoms. The molecule has 1 N–H and O–H groups in total. The summed E-state index contributed by atoms with van der Waals surface area (Å²) in [5.74, 6) is 1.27. The van der Waals surface area contributed by atoms with Crippen LogP contribution in [0.1, 0.15) is 43.9 Å². The van der Waals surface area contributed by atoms with Gasteiger partial charge < -0.3 is 14.5 Å². The molecular formula is C16H20N4O4. The second-order valence-electron chi connectivity index (χ2n) is 6.51. The summed E-state index contributed by atoms with van der Waals surface area (Å²) in [4.78, 5) is 30.9. The third kappa shape index (κ3) is 2.55. The Labute approximate surface area is 138 Å². The van der Waals surface area contributed by atoms with Gasteiger partial charge in [-0.15, -0.1) is 5.10 Å². The summed E-state index contributed by atoms with van der Waals surface area (Å²) in [6.45, 7) is 1.88. The molecule has 0 aromatic carbocycles. The van der Waals surface area contributed by atoms with Gasteiger partial charge in [0.1, 0.15) is 0 Å². The number of carbonyl (C=O) groups is 1. The number of rotatable bonds is 2. The summed E-state index contributed by atoms with van der Waals surface area (Å²) in [5, 5.41) is 3.99. The first-order chi connectivity index (χ1) is 11.7. The smallest absolute Gasteiger partial charge is 0.434 e. The first-order valence-corrected chi connectivity index (χ1v) is 8.51. The molecule has 8 nitrogen and oxygen atoms in total. The van der Waals surface area contributed by atoms with Crippen molar-refractivity contribution >= 4 is 11.8 Å². The number of H-pyrrole nitrogens is 1. The molecule has 2 aliphatic rings. The van der Waals surface area contributed by atoms with Gasteiger partial charge in [0.25, 0.3) is 0 Å². The van der Waals surface area contributed by atoms with Crippen molar-refractivity contribution in [3.05, 3.63) is 21.7 Å². The van der Waals surface area contributed by atoms with Gasteiger partial charge in [0.2, 0.25) is 0 Å². The first kappa shape index (κ1) is 15.2. The molecule has 2 aromatic rings. The van der Waals surface area contributed by atoms with E-state index in [1.807, 2.05) is 0 Å². The lowest BCUT2D eigenvalue weighted by Gasteiger charge is -2.36. The lowest BCUT2D eigenvalue weighted by molar-refractivity contribution is 0.101. The standard InChI is InChI=1S/C16H20N4O4/c1-2-23-16(22)24-14-18-13-11-7-9-5-3-4-6-10(9)8-12(11)17-15(21)20(13)19-14/h9-10H,2-8H2,1H3,(H,17,21). The van der Waals surface area contributed by atoms with Gasteiger partial charge in [0, 0.05) is 11.3 Å². The van der Waals surface area contributed by atoms with Crippen LogP contribution in [0.25, 0.3) is 5.65 Å². The van der Waals surface area contributed by atoms with Gasteiger partial charge in [-0.25, -0.2) is 9.59 Å². The molecule has 8 heteroatoms. The summed E-state index contributed by atoms with van der Waals surface area (Å²) in [6.07, 6.45) is 5.87. The second-order valence-corrected chi connectivity index (χ2v) is 6.51. The zero-order valence-corrected chi connectivity index (χ0v) is 13.6. The van der Waals surface area contributed by atoms with E-state index in [0.29, 0.717) is 17.5 Å². The third-order valence-electron chi connectivity index (χ3n) is 5.11. The molecule has 2 aromatic heterocycles. The lowest BCUT2D eigenvalue weighted by atomic mass is 9.70. The minimum absolute atomic E-state index is 0.155. The van der Waals surface area contributed by atoms with Crippen molar-refractivity contribution in [3.8, 4) is 6.01 Å². The molecule has 0 radical (unpaired) electrons. The predicted molar refractivity (Wildman–Crippen MR) is 84.1 cm³/mol. The van der Waals surface area contributed by atoms with Crippen LogP contribution in [0.2, 0.25) is 0 Å². The zero-order valence-electron chi connectivity index (χ0n) is 13.6. The molecule has 1 saturated carbocycles. The number of ether oxygens (including phenoxy) is 2. The molecule has 0 amide bonds. The maximum Gasteiger partial charge on any atom is 0.516 e. The fraction of sp³-hybridized carbons (Fsp3) is 0.625. The number of nitrogens with one attached hydrogen (secondary N) is 1. The molecule has 2 aliphatic carbocycles. The Morgan fingerprint density at radius 2 is 2.04 bits per heavy atom. The number of hydrogen-bond acceptors (Lipinski definition) is 6. The number of fused-ring (bicyclic) bond motifs is 4. The van der Waals surface area contributed by atoms with E-state index in [1.54, 1.807) is 6.92 Å². The number of aromatic amines is 1. The Bertz CT molecular complexity index is 840. The highest BCUT2D eigenvalue weighted by Crippen LogP contribution is 2.39. The Hall–Kier alpha value is -2.38. The minimum atomic E-state index is -0.869. The molecule has 0 aliphatic heterocycles. The van der Waals surface area contributed by atoms with Gasteiger partial charge in [-0.05, 0) is 44.4 Å². The van der Waals surface area contributed by atoms with Crippen molar-refractivity contribution in [2.24, 2.45) is 11.8 Å². The van der Waals surface area contributed by atoms with E-state index >= 15 is 0 Å². The van der Waals surface area contributed by atoms with Crippen molar-refractivity contribution in [3.63, 3.8) is 0 Å². The number of aromatic nitrogens is 4. The Morgan fingerprint density at radius 3 is 2.79 bits per heavy atom. The molecule has 128 valence electrons. The quantitative estimate of drug-likeness (QED) is 0.843. The largest absolute Gasteiger partial charge is 0.516 e. The topological polar surface area (TPSA) is 98.6 Å². The molecule has 0 bridgehead atoms. The average molecular weight is 332 g/mol. The monoisotopic (exact) mass is 332 g/mol. The fourth-order valence-electron chi connectivity index (χ4n) is 4.02. The van der Waals surface area contributed by atoms with Crippen LogP contribution in [0.15, 0.2) is 4.79 Å². The van der Waals surface area contributed by atoms with Gasteiger partial charge in [-0.3, -0.25) is 0 Å². The van der Waals surface area contributed by atoms with E-state index in [9.17, 15) is 9.59 Å². The lowest BCUT2D eigenvalue weighted by Crippen LogP contribution is -2.32. The maximum atomic E-state index is 12.3. The van der Waals surface area contributed by atoms with E-state index in [-0.39, 0.29) is 18.3 Å². The van der Waals surface area contributed by atoms with Crippen molar-refractivity contribution in [2.75, 3.05) is 6.61 Å². The van der Waals surface area contributed by atoms with Gasteiger partial charge in [-0.1, -0.05) is 12.8 Å². The van der Waals surface area contributed by atoms with Crippen LogP contribution in [-0.4, -0.2) is 32.3 Å². The minimum Gasteiger partial charge on any atom is -0.434 e. The van der Waals surface area contributed by atoms with Crippen molar-refractivity contribution < 1.29 is 14.3 Å². The average Bonchev–Trinajstić information content (AvgIpc) is 2.98. The highest BCUT2D eigenvalue weighted by molar-refractivity contribution is 5.63. The summed E-state index contributed by atoms with van der Waals surface area (Å²) < 4.78 is 10.8. The van der Waals surface area contributed by atoms with Crippen LogP contribution in [0.3, 0.4) is 0 Å². The summed E-state index contributed by atoms with van der Waals surface area (Å²) in [7, 11) is 0. The summed E-state index contributed by atoms with van der Waals surface area (Å²) in [5.41, 5.74) is 2.09. The van der Waals surface area contributed by atoms with Gasteiger partial charge in [-0.2, -0.15) is 9.50 Å². The Kier molecular flexibility index (Phi) is 3.74. The van der Waals surface area contributed by atoms with Crippen LogP contribution in [0, 0.1) is 11.8 Å². The van der Waals surface area contributed by atoms with E-state index in [2.05, 4.69) is 15.1 Å². The molecular weight excluding hydrogens is 312 g/mol. The predicted octanol–water partition coefficient (Wildman–Crippen LogP) is 1.86. The van der Waals surface area contributed by atoms with Crippen molar-refractivity contribution in [1.29, 1.82) is 0 Å². The van der Waals surface area contributed by atoms with E-state index in [0.717, 1.165) is 24.1 Å². The van der Waals surface area contributed by atoms with Crippen LogP contribution < -0.4 is 10.4 Å². The highest BCUT2D eigenvalue weighted by Gasteiger charge is 2.33. The summed E-state index contributed by atoms with van der Waals surface area (Å²) in [6, 6.07) is -0.155. The number of carbonyl (C=O) groups excluding carboxylic acids is 1. The summed E-state index contributed by atoms with van der Waals surface area (Å²) >= 11 is 0. The van der Waals surface area contributed by atoms with Crippen molar-refractivity contribution in [2.45, 2.75) is 45.4 Å². The molecule has 2 unspecified atom stereocenters.